The third kappa shape index (κ3) is 3.40. The van der Waals surface area contributed by atoms with E-state index in [0.717, 1.165) is 19.7 Å². The summed E-state index contributed by atoms with van der Waals surface area (Å²) in [4.78, 5) is 12.7. The Balaban J connectivity index is 1.93. The molecule has 0 atom stereocenters. The molecule has 1 amide bonds. The number of amides is 1. The maximum Gasteiger partial charge on any atom is 0.291 e. The molecule has 26 heavy (non-hydrogen) atoms. The van der Waals surface area contributed by atoms with Crippen molar-refractivity contribution >= 4 is 48.5 Å². The van der Waals surface area contributed by atoms with Gasteiger partial charge in [-0.05, 0) is 43.3 Å². The largest absolute Gasteiger partial charge is 0.451 e. The summed E-state index contributed by atoms with van der Waals surface area (Å²) < 4.78 is 32.1. The van der Waals surface area contributed by atoms with Crippen LogP contribution in [0.25, 0.3) is 11.0 Å². The zero-order valence-corrected chi connectivity index (χ0v) is 16.8. The molecular weight excluding hydrogens is 420 g/mol. The molecule has 0 unspecified atom stereocenters. The van der Waals surface area contributed by atoms with E-state index in [2.05, 4.69) is 21.2 Å². The van der Waals surface area contributed by atoms with Crippen LogP contribution >= 0.6 is 15.9 Å². The molecule has 0 fully saturated rings. The van der Waals surface area contributed by atoms with Crippen molar-refractivity contribution in [2.75, 3.05) is 19.4 Å². The average Bonchev–Trinajstić information content (AvgIpc) is 2.91. The molecular formula is C18H17BrN2O4S. The molecule has 0 saturated heterocycles. The van der Waals surface area contributed by atoms with Gasteiger partial charge in [0.25, 0.3) is 5.91 Å². The van der Waals surface area contributed by atoms with Crippen molar-refractivity contribution in [1.29, 1.82) is 0 Å². The number of halogens is 1. The van der Waals surface area contributed by atoms with E-state index in [1.165, 1.54) is 26.2 Å². The van der Waals surface area contributed by atoms with Crippen LogP contribution in [0.5, 0.6) is 0 Å². The smallest absolute Gasteiger partial charge is 0.291 e. The molecule has 0 spiro atoms. The van der Waals surface area contributed by atoms with Gasteiger partial charge in [-0.25, -0.2) is 12.7 Å². The Labute approximate surface area is 160 Å². The number of benzene rings is 2. The molecule has 1 heterocycles. The van der Waals surface area contributed by atoms with Gasteiger partial charge in [0.15, 0.2) is 5.76 Å². The lowest BCUT2D eigenvalue weighted by atomic mass is 10.1. The first kappa shape index (κ1) is 18.6. The van der Waals surface area contributed by atoms with Gasteiger partial charge >= 0.3 is 0 Å². The topological polar surface area (TPSA) is 79.6 Å². The first-order valence-electron chi connectivity index (χ1n) is 7.73. The number of aryl methyl sites for hydroxylation is 1. The van der Waals surface area contributed by atoms with Gasteiger partial charge in [-0.3, -0.25) is 4.79 Å². The fourth-order valence-electron chi connectivity index (χ4n) is 2.54. The molecule has 8 heteroatoms. The van der Waals surface area contributed by atoms with Crippen LogP contribution in [-0.4, -0.2) is 32.7 Å². The molecule has 1 aromatic heterocycles. The minimum Gasteiger partial charge on any atom is -0.451 e. The van der Waals surface area contributed by atoms with E-state index in [-0.39, 0.29) is 10.7 Å². The number of nitrogens with one attached hydrogen (secondary N) is 1. The van der Waals surface area contributed by atoms with Gasteiger partial charge in [0.05, 0.1) is 4.90 Å². The number of anilines is 1. The van der Waals surface area contributed by atoms with Crippen LogP contribution < -0.4 is 5.32 Å². The monoisotopic (exact) mass is 436 g/mol. The molecule has 0 aliphatic rings. The Morgan fingerprint density at radius 1 is 1.15 bits per heavy atom. The molecule has 0 radical (unpaired) electrons. The third-order valence-corrected chi connectivity index (χ3v) is 6.28. The van der Waals surface area contributed by atoms with E-state index >= 15 is 0 Å². The number of hydrogen-bond donors (Lipinski definition) is 1. The molecule has 1 N–H and O–H groups in total. The summed E-state index contributed by atoms with van der Waals surface area (Å²) in [6, 6.07) is 11.6. The molecule has 0 aliphatic heterocycles. The van der Waals surface area contributed by atoms with Crippen molar-refractivity contribution in [2.24, 2.45) is 0 Å². The standard InChI is InChI=1S/C18H17BrN2O4S/c1-11-15-9-12(19)7-8-16(15)25-17(11)18(22)20-13-5-4-6-14(10-13)26(23,24)21(2)3/h4-10H,1-3H3,(H,20,22). The molecule has 0 bridgehead atoms. The summed E-state index contributed by atoms with van der Waals surface area (Å²) >= 11 is 3.40. The van der Waals surface area contributed by atoms with Crippen LogP contribution in [-0.2, 0) is 10.0 Å². The first-order valence-corrected chi connectivity index (χ1v) is 9.96. The van der Waals surface area contributed by atoms with Crippen molar-refractivity contribution in [1.82, 2.24) is 4.31 Å². The van der Waals surface area contributed by atoms with Gasteiger partial charge < -0.3 is 9.73 Å². The predicted molar refractivity (Wildman–Crippen MR) is 104 cm³/mol. The summed E-state index contributed by atoms with van der Waals surface area (Å²) in [6.45, 7) is 1.81. The fourth-order valence-corrected chi connectivity index (χ4v) is 3.85. The highest BCUT2D eigenvalue weighted by atomic mass is 79.9. The molecule has 136 valence electrons. The molecule has 3 rings (SSSR count). The van der Waals surface area contributed by atoms with Crippen LogP contribution in [0.15, 0.2) is 56.2 Å². The Morgan fingerprint density at radius 2 is 1.88 bits per heavy atom. The number of carbonyl (C=O) groups is 1. The first-order chi connectivity index (χ1) is 12.2. The van der Waals surface area contributed by atoms with Crippen LogP contribution in [0, 0.1) is 6.92 Å². The van der Waals surface area contributed by atoms with Gasteiger partial charge in [-0.1, -0.05) is 22.0 Å². The number of nitrogens with zero attached hydrogens (tertiary/aromatic N) is 1. The van der Waals surface area contributed by atoms with Gasteiger partial charge in [-0.15, -0.1) is 0 Å². The minimum absolute atomic E-state index is 0.102. The van der Waals surface area contributed by atoms with Crippen LogP contribution in [0.3, 0.4) is 0 Å². The van der Waals surface area contributed by atoms with Gasteiger partial charge in [0, 0.05) is 35.2 Å². The Hall–Kier alpha value is -2.16. The van der Waals surface area contributed by atoms with E-state index in [4.69, 9.17) is 4.42 Å². The number of carbonyl (C=O) groups excluding carboxylic acids is 1. The highest BCUT2D eigenvalue weighted by Gasteiger charge is 2.20. The quantitative estimate of drug-likeness (QED) is 0.669. The Morgan fingerprint density at radius 3 is 2.58 bits per heavy atom. The lowest BCUT2D eigenvalue weighted by Crippen LogP contribution is -2.22. The van der Waals surface area contributed by atoms with Crippen LogP contribution in [0.2, 0.25) is 0 Å². The van der Waals surface area contributed by atoms with Gasteiger partial charge in [-0.2, -0.15) is 0 Å². The maximum atomic E-state index is 12.6. The zero-order chi connectivity index (χ0) is 19.1. The van der Waals surface area contributed by atoms with E-state index in [1.807, 2.05) is 12.1 Å². The number of fused-ring (bicyclic) bond motifs is 1. The lowest BCUT2D eigenvalue weighted by molar-refractivity contribution is 0.0998. The lowest BCUT2D eigenvalue weighted by Gasteiger charge is -2.12. The second kappa shape index (κ2) is 6.86. The fraction of sp³-hybridized carbons (Fsp3) is 0.167. The highest BCUT2D eigenvalue weighted by Crippen LogP contribution is 2.29. The second-order valence-corrected chi connectivity index (χ2v) is 9.03. The van der Waals surface area contributed by atoms with E-state index in [1.54, 1.807) is 25.1 Å². The molecule has 0 saturated carbocycles. The van der Waals surface area contributed by atoms with Crippen molar-refractivity contribution in [3.8, 4) is 0 Å². The summed E-state index contributed by atoms with van der Waals surface area (Å²) in [5, 5.41) is 3.54. The average molecular weight is 437 g/mol. The van der Waals surface area contributed by atoms with Gasteiger partial charge in [0.1, 0.15) is 5.58 Å². The minimum atomic E-state index is -3.58. The Kier molecular flexibility index (Phi) is 4.92. The number of furan rings is 1. The van der Waals surface area contributed by atoms with E-state index in [0.29, 0.717) is 11.3 Å². The Bertz CT molecular complexity index is 1100. The zero-order valence-electron chi connectivity index (χ0n) is 14.4. The normalized spacial score (nSPS) is 11.9. The molecule has 6 nitrogen and oxygen atoms in total. The van der Waals surface area contributed by atoms with E-state index < -0.39 is 15.9 Å². The van der Waals surface area contributed by atoms with E-state index in [9.17, 15) is 13.2 Å². The number of sulfonamides is 1. The molecule has 2 aromatic carbocycles. The van der Waals surface area contributed by atoms with Crippen LogP contribution in [0.1, 0.15) is 16.1 Å². The van der Waals surface area contributed by atoms with Crippen LogP contribution in [0.4, 0.5) is 5.69 Å². The summed E-state index contributed by atoms with van der Waals surface area (Å²) in [5.74, 6) is -0.242. The maximum absolute atomic E-state index is 12.6. The van der Waals surface area contributed by atoms with Crippen molar-refractivity contribution < 1.29 is 17.6 Å². The highest BCUT2D eigenvalue weighted by molar-refractivity contribution is 9.10. The SMILES string of the molecule is Cc1c(C(=O)Nc2cccc(S(=O)(=O)N(C)C)c2)oc2ccc(Br)cc12. The van der Waals surface area contributed by atoms with Crippen molar-refractivity contribution in [3.63, 3.8) is 0 Å². The summed E-state index contributed by atoms with van der Waals surface area (Å²) in [6.07, 6.45) is 0. The van der Waals surface area contributed by atoms with Crippen molar-refractivity contribution in [2.45, 2.75) is 11.8 Å². The molecule has 3 aromatic rings. The number of rotatable bonds is 4. The van der Waals surface area contributed by atoms with Gasteiger partial charge in [0.2, 0.25) is 10.0 Å². The predicted octanol–water partition coefficient (Wildman–Crippen LogP) is 4.01. The van der Waals surface area contributed by atoms with Crippen molar-refractivity contribution in [3.05, 3.63) is 58.3 Å². The summed E-state index contributed by atoms with van der Waals surface area (Å²) in [5.41, 5.74) is 1.70. The third-order valence-electron chi connectivity index (χ3n) is 3.97. The number of hydrogen-bond acceptors (Lipinski definition) is 4. The summed E-state index contributed by atoms with van der Waals surface area (Å²) in [7, 11) is -0.670. The second-order valence-electron chi connectivity index (χ2n) is 5.97. The molecule has 0 aliphatic carbocycles.